The van der Waals surface area contributed by atoms with Gasteiger partial charge in [0.1, 0.15) is 0 Å². The highest BCUT2D eigenvalue weighted by atomic mass is 16.3. The van der Waals surface area contributed by atoms with Crippen LogP contribution in [0.5, 0.6) is 0 Å². The van der Waals surface area contributed by atoms with Crippen molar-refractivity contribution in [2.45, 2.75) is 45.2 Å². The average Bonchev–Trinajstić information content (AvgIpc) is 2.51. The lowest BCUT2D eigenvalue weighted by molar-refractivity contribution is 0.141. The van der Waals surface area contributed by atoms with Gasteiger partial charge in [-0.05, 0) is 43.9 Å². The third-order valence-corrected chi connectivity index (χ3v) is 4.34. The van der Waals surface area contributed by atoms with Gasteiger partial charge in [-0.15, -0.1) is 0 Å². The van der Waals surface area contributed by atoms with E-state index < -0.39 is 0 Å². The quantitative estimate of drug-likeness (QED) is 0.801. The van der Waals surface area contributed by atoms with E-state index in [1.807, 2.05) is 0 Å². The van der Waals surface area contributed by atoms with Crippen LogP contribution >= 0.6 is 0 Å². The molecule has 0 fully saturated rings. The van der Waals surface area contributed by atoms with Gasteiger partial charge >= 0.3 is 0 Å². The molecule has 2 N–H and O–H groups in total. The van der Waals surface area contributed by atoms with Crippen molar-refractivity contribution >= 4 is 0 Å². The van der Waals surface area contributed by atoms with Crippen LogP contribution in [0.15, 0.2) is 24.3 Å². The molecule has 1 aromatic rings. The third-order valence-electron chi connectivity index (χ3n) is 4.34. The molecule has 1 aromatic carbocycles. The molecule has 0 radical (unpaired) electrons. The summed E-state index contributed by atoms with van der Waals surface area (Å²) in [5.41, 5.74) is 2.82. The van der Waals surface area contributed by atoms with Crippen molar-refractivity contribution in [3.63, 3.8) is 0 Å². The van der Waals surface area contributed by atoms with E-state index in [4.69, 9.17) is 0 Å². The molecule has 0 saturated carbocycles. The van der Waals surface area contributed by atoms with Gasteiger partial charge in [0.05, 0.1) is 6.61 Å². The Morgan fingerprint density at radius 2 is 2.05 bits per heavy atom. The Bertz CT molecular complexity index is 421. The Hall–Kier alpha value is -0.900. The Labute approximate surface area is 123 Å². The minimum absolute atomic E-state index is 0.146. The Morgan fingerprint density at radius 3 is 2.75 bits per heavy atom. The molecule has 1 atom stereocenters. The van der Waals surface area contributed by atoms with Crippen molar-refractivity contribution in [3.8, 4) is 0 Å². The topological polar surface area (TPSA) is 35.5 Å². The Morgan fingerprint density at radius 1 is 1.30 bits per heavy atom. The summed E-state index contributed by atoms with van der Waals surface area (Å²) in [5, 5.41) is 13.1. The van der Waals surface area contributed by atoms with E-state index in [9.17, 15) is 5.11 Å². The monoisotopic (exact) mass is 276 g/mol. The number of benzene rings is 1. The van der Waals surface area contributed by atoms with Gasteiger partial charge in [-0.25, -0.2) is 0 Å². The van der Waals surface area contributed by atoms with Crippen molar-refractivity contribution in [1.82, 2.24) is 10.2 Å². The van der Waals surface area contributed by atoms with Crippen molar-refractivity contribution < 1.29 is 5.11 Å². The first-order valence-electron chi connectivity index (χ1n) is 7.82. The molecule has 0 bridgehead atoms. The minimum atomic E-state index is -0.146. The number of fused-ring (bicyclic) bond motifs is 1. The van der Waals surface area contributed by atoms with E-state index in [1.54, 1.807) is 0 Å². The molecule has 0 aromatic heterocycles. The van der Waals surface area contributed by atoms with E-state index >= 15 is 0 Å². The van der Waals surface area contributed by atoms with Crippen LogP contribution in [0.3, 0.4) is 0 Å². The van der Waals surface area contributed by atoms with Gasteiger partial charge in [0.2, 0.25) is 0 Å². The maximum Gasteiger partial charge on any atom is 0.0611 e. The summed E-state index contributed by atoms with van der Waals surface area (Å²) in [6.07, 6.45) is 3.24. The van der Waals surface area contributed by atoms with Gasteiger partial charge in [0, 0.05) is 25.2 Å². The molecule has 1 aliphatic heterocycles. The van der Waals surface area contributed by atoms with Crippen molar-refractivity contribution in [2.24, 2.45) is 0 Å². The van der Waals surface area contributed by atoms with Crippen LogP contribution in [0, 0.1) is 0 Å². The van der Waals surface area contributed by atoms with Gasteiger partial charge < -0.3 is 10.4 Å². The van der Waals surface area contributed by atoms with Crippen LogP contribution in [-0.2, 0) is 13.0 Å². The molecule has 3 heteroatoms. The zero-order valence-corrected chi connectivity index (χ0v) is 12.9. The van der Waals surface area contributed by atoms with Crippen LogP contribution in [0.25, 0.3) is 0 Å². The molecule has 1 unspecified atom stereocenters. The van der Waals surface area contributed by atoms with Crippen LogP contribution in [0.1, 0.15) is 37.8 Å². The second kappa shape index (κ2) is 7.21. The molecule has 112 valence electrons. The Kier molecular flexibility index (Phi) is 5.58. The molecular weight excluding hydrogens is 248 g/mol. The fourth-order valence-electron chi connectivity index (χ4n) is 2.80. The minimum Gasteiger partial charge on any atom is -0.394 e. The number of rotatable bonds is 7. The SMILES string of the molecule is CCCNC(C)(CO)CCN1CCc2ccccc2C1. The molecule has 20 heavy (non-hydrogen) atoms. The molecule has 2 rings (SSSR count). The molecule has 0 saturated heterocycles. The summed E-state index contributed by atoms with van der Waals surface area (Å²) >= 11 is 0. The molecule has 0 spiro atoms. The lowest BCUT2D eigenvalue weighted by Gasteiger charge is -2.34. The highest BCUT2D eigenvalue weighted by Gasteiger charge is 2.24. The largest absolute Gasteiger partial charge is 0.394 e. The zero-order chi connectivity index (χ0) is 14.4. The predicted octanol–water partition coefficient (Wildman–Crippen LogP) is 2.19. The zero-order valence-electron chi connectivity index (χ0n) is 12.9. The normalized spacial score (nSPS) is 18.6. The van der Waals surface area contributed by atoms with Crippen LogP contribution in [0.2, 0.25) is 0 Å². The van der Waals surface area contributed by atoms with E-state index in [-0.39, 0.29) is 12.1 Å². The Balaban J connectivity index is 1.86. The lowest BCUT2D eigenvalue weighted by Crippen LogP contribution is -2.48. The van der Waals surface area contributed by atoms with Gasteiger partial charge in [-0.2, -0.15) is 0 Å². The number of aliphatic hydroxyl groups excluding tert-OH is 1. The number of nitrogens with one attached hydrogen (secondary N) is 1. The molecule has 3 nitrogen and oxygen atoms in total. The predicted molar refractivity (Wildman–Crippen MR) is 83.8 cm³/mol. The van der Waals surface area contributed by atoms with Gasteiger partial charge in [-0.1, -0.05) is 31.2 Å². The molecule has 1 heterocycles. The lowest BCUT2D eigenvalue weighted by atomic mass is 9.96. The summed E-state index contributed by atoms with van der Waals surface area (Å²) in [7, 11) is 0. The fourth-order valence-corrected chi connectivity index (χ4v) is 2.80. The highest BCUT2D eigenvalue weighted by Crippen LogP contribution is 2.20. The summed E-state index contributed by atoms with van der Waals surface area (Å²) in [6, 6.07) is 8.74. The summed E-state index contributed by atoms with van der Waals surface area (Å²) in [5.74, 6) is 0. The van der Waals surface area contributed by atoms with Crippen LogP contribution in [0.4, 0.5) is 0 Å². The second-order valence-corrected chi connectivity index (χ2v) is 6.19. The van der Waals surface area contributed by atoms with E-state index in [1.165, 1.54) is 11.1 Å². The molecular formula is C17H28N2O. The van der Waals surface area contributed by atoms with Crippen molar-refractivity contribution in [2.75, 3.05) is 26.2 Å². The van der Waals surface area contributed by atoms with Crippen LogP contribution in [-0.4, -0.2) is 41.8 Å². The smallest absolute Gasteiger partial charge is 0.0611 e. The van der Waals surface area contributed by atoms with Gasteiger partial charge in [-0.3, -0.25) is 4.90 Å². The number of aliphatic hydroxyl groups is 1. The van der Waals surface area contributed by atoms with E-state index in [0.29, 0.717) is 0 Å². The van der Waals surface area contributed by atoms with Crippen LogP contribution < -0.4 is 5.32 Å². The molecule has 1 aliphatic rings. The van der Waals surface area contributed by atoms with Crippen molar-refractivity contribution in [3.05, 3.63) is 35.4 Å². The third kappa shape index (κ3) is 4.05. The van der Waals surface area contributed by atoms with Crippen molar-refractivity contribution in [1.29, 1.82) is 0 Å². The highest BCUT2D eigenvalue weighted by molar-refractivity contribution is 5.29. The summed E-state index contributed by atoms with van der Waals surface area (Å²) in [4.78, 5) is 2.50. The van der Waals surface area contributed by atoms with Gasteiger partial charge in [0.15, 0.2) is 0 Å². The summed E-state index contributed by atoms with van der Waals surface area (Å²) < 4.78 is 0. The van der Waals surface area contributed by atoms with Gasteiger partial charge in [0.25, 0.3) is 0 Å². The first-order valence-corrected chi connectivity index (χ1v) is 7.82. The summed E-state index contributed by atoms with van der Waals surface area (Å²) in [6.45, 7) is 8.68. The number of nitrogens with zero attached hydrogens (tertiary/aromatic N) is 1. The first-order chi connectivity index (χ1) is 9.67. The first kappa shape index (κ1) is 15.5. The fraction of sp³-hybridized carbons (Fsp3) is 0.647. The molecule has 0 aliphatic carbocycles. The second-order valence-electron chi connectivity index (χ2n) is 6.19. The molecule has 0 amide bonds. The number of hydrogen-bond acceptors (Lipinski definition) is 3. The van der Waals surface area contributed by atoms with E-state index in [0.717, 1.165) is 45.4 Å². The maximum absolute atomic E-state index is 9.62. The standard InChI is InChI=1S/C17H28N2O/c1-3-10-18-17(2,14-20)9-12-19-11-8-15-6-4-5-7-16(15)13-19/h4-7,18,20H,3,8-14H2,1-2H3. The average molecular weight is 276 g/mol. The van der Waals surface area contributed by atoms with E-state index in [2.05, 4.69) is 48.3 Å². The number of hydrogen-bond donors (Lipinski definition) is 2. The maximum atomic E-state index is 9.62.